The zero-order valence-electron chi connectivity index (χ0n) is 9.83. The molecule has 1 aliphatic rings. The smallest absolute Gasteiger partial charge is 0.319 e. The van der Waals surface area contributed by atoms with Gasteiger partial charge in [-0.25, -0.2) is 9.18 Å². The molecule has 0 aromatic heterocycles. The van der Waals surface area contributed by atoms with Crippen LogP contribution < -0.4 is 10.6 Å². The largest absolute Gasteiger partial charge is 0.331 e. The Morgan fingerprint density at radius 3 is 2.47 bits per heavy atom. The molecule has 17 heavy (non-hydrogen) atoms. The maximum atomic E-state index is 12.8. The van der Waals surface area contributed by atoms with E-state index < -0.39 is 0 Å². The molecule has 0 radical (unpaired) electrons. The molecule has 1 aromatic rings. The SMILES string of the molecule is CC(C)C1C=C(c2ccc(F)cc2)NC(=O)N1. The number of amides is 2. The number of rotatable bonds is 2. The number of benzene rings is 1. The quantitative estimate of drug-likeness (QED) is 0.811. The summed E-state index contributed by atoms with van der Waals surface area (Å²) in [5.74, 6) is 0.0338. The van der Waals surface area contributed by atoms with E-state index in [1.165, 1.54) is 12.1 Å². The summed E-state index contributed by atoms with van der Waals surface area (Å²) in [6.07, 6.45) is 1.96. The lowest BCUT2D eigenvalue weighted by Crippen LogP contribution is -2.47. The van der Waals surface area contributed by atoms with Gasteiger partial charge in [0.05, 0.1) is 6.04 Å². The Balaban J connectivity index is 2.30. The Bertz CT molecular complexity index is 451. The molecular formula is C13H15FN2O. The van der Waals surface area contributed by atoms with Gasteiger partial charge in [0.25, 0.3) is 0 Å². The molecule has 1 aliphatic heterocycles. The van der Waals surface area contributed by atoms with Gasteiger partial charge in [0.2, 0.25) is 0 Å². The van der Waals surface area contributed by atoms with Crippen molar-refractivity contribution < 1.29 is 9.18 Å². The van der Waals surface area contributed by atoms with Crippen LogP contribution in [0, 0.1) is 11.7 Å². The third-order valence-corrected chi connectivity index (χ3v) is 2.77. The molecule has 3 nitrogen and oxygen atoms in total. The van der Waals surface area contributed by atoms with E-state index in [2.05, 4.69) is 10.6 Å². The van der Waals surface area contributed by atoms with Crippen LogP contribution in [0.5, 0.6) is 0 Å². The Labute approximate surface area is 99.7 Å². The fourth-order valence-corrected chi connectivity index (χ4v) is 1.73. The minimum absolute atomic E-state index is 0.00352. The first-order valence-electron chi connectivity index (χ1n) is 5.61. The van der Waals surface area contributed by atoms with Gasteiger partial charge in [-0.05, 0) is 41.8 Å². The van der Waals surface area contributed by atoms with Gasteiger partial charge in [0.1, 0.15) is 5.82 Å². The first-order chi connectivity index (χ1) is 8.06. The Morgan fingerprint density at radius 1 is 1.24 bits per heavy atom. The number of carbonyl (C=O) groups excluding carboxylic acids is 1. The lowest BCUT2D eigenvalue weighted by Gasteiger charge is -2.26. The molecule has 1 unspecified atom stereocenters. The summed E-state index contributed by atoms with van der Waals surface area (Å²) < 4.78 is 12.8. The van der Waals surface area contributed by atoms with E-state index in [0.29, 0.717) is 5.92 Å². The molecule has 1 atom stereocenters. The van der Waals surface area contributed by atoms with E-state index in [-0.39, 0.29) is 17.9 Å². The van der Waals surface area contributed by atoms with E-state index in [1.54, 1.807) is 12.1 Å². The molecular weight excluding hydrogens is 219 g/mol. The summed E-state index contributed by atoms with van der Waals surface area (Å²) in [5, 5.41) is 5.55. The molecule has 90 valence electrons. The van der Waals surface area contributed by atoms with Gasteiger partial charge >= 0.3 is 6.03 Å². The predicted octanol–water partition coefficient (Wildman–Crippen LogP) is 2.50. The average Bonchev–Trinajstić information content (AvgIpc) is 2.29. The number of urea groups is 1. The van der Waals surface area contributed by atoms with Crippen LogP contribution >= 0.6 is 0 Å². The van der Waals surface area contributed by atoms with E-state index >= 15 is 0 Å². The van der Waals surface area contributed by atoms with Gasteiger partial charge in [-0.15, -0.1) is 0 Å². The van der Waals surface area contributed by atoms with Crippen molar-refractivity contribution in [2.45, 2.75) is 19.9 Å². The summed E-state index contributed by atoms with van der Waals surface area (Å²) in [4.78, 5) is 11.5. The first kappa shape index (κ1) is 11.6. The summed E-state index contributed by atoms with van der Waals surface area (Å²) in [5.41, 5.74) is 1.54. The van der Waals surface area contributed by atoms with Crippen LogP contribution in [0.3, 0.4) is 0 Å². The summed E-state index contributed by atoms with van der Waals surface area (Å²) in [6, 6.07) is 5.87. The van der Waals surface area contributed by atoms with Crippen LogP contribution in [0.1, 0.15) is 19.4 Å². The Kier molecular flexibility index (Phi) is 3.13. The summed E-state index contributed by atoms with van der Waals surface area (Å²) in [6.45, 7) is 4.07. The number of hydrogen-bond acceptors (Lipinski definition) is 1. The molecule has 0 bridgehead atoms. The molecule has 2 rings (SSSR count). The standard InChI is InChI=1S/C13H15FN2O/c1-8(2)11-7-12(16-13(17)15-11)9-3-5-10(14)6-4-9/h3-8,11H,1-2H3,(H2,15,16,17). The monoisotopic (exact) mass is 234 g/mol. The fraction of sp³-hybridized carbons (Fsp3) is 0.308. The van der Waals surface area contributed by atoms with Gasteiger partial charge in [0, 0.05) is 5.70 Å². The van der Waals surface area contributed by atoms with Crippen molar-refractivity contribution in [2.75, 3.05) is 0 Å². The molecule has 1 aromatic carbocycles. The van der Waals surface area contributed by atoms with Crippen LogP contribution in [-0.2, 0) is 0 Å². The van der Waals surface area contributed by atoms with E-state index in [0.717, 1.165) is 11.3 Å². The molecule has 0 saturated carbocycles. The second-order valence-electron chi connectivity index (χ2n) is 4.46. The number of halogens is 1. The van der Waals surface area contributed by atoms with E-state index in [9.17, 15) is 9.18 Å². The van der Waals surface area contributed by atoms with Crippen molar-refractivity contribution in [3.63, 3.8) is 0 Å². The van der Waals surface area contributed by atoms with Crippen molar-refractivity contribution >= 4 is 11.7 Å². The average molecular weight is 234 g/mol. The predicted molar refractivity (Wildman–Crippen MR) is 64.7 cm³/mol. The Morgan fingerprint density at radius 2 is 1.88 bits per heavy atom. The number of hydrogen-bond donors (Lipinski definition) is 2. The zero-order chi connectivity index (χ0) is 12.4. The van der Waals surface area contributed by atoms with Crippen LogP contribution in [-0.4, -0.2) is 12.1 Å². The lowest BCUT2D eigenvalue weighted by atomic mass is 9.99. The van der Waals surface area contributed by atoms with Crippen LogP contribution in [0.15, 0.2) is 30.3 Å². The molecule has 1 heterocycles. The highest BCUT2D eigenvalue weighted by Crippen LogP contribution is 2.18. The highest BCUT2D eigenvalue weighted by molar-refractivity contribution is 5.88. The summed E-state index contributed by atoms with van der Waals surface area (Å²) in [7, 11) is 0. The molecule has 4 heteroatoms. The van der Waals surface area contributed by atoms with Crippen LogP contribution in [0.25, 0.3) is 5.70 Å². The maximum absolute atomic E-state index is 12.8. The normalized spacial score (nSPS) is 19.6. The third-order valence-electron chi connectivity index (χ3n) is 2.77. The fourth-order valence-electron chi connectivity index (χ4n) is 1.73. The van der Waals surface area contributed by atoms with Gasteiger partial charge < -0.3 is 10.6 Å². The molecule has 0 spiro atoms. The van der Waals surface area contributed by atoms with Crippen molar-refractivity contribution in [2.24, 2.45) is 5.92 Å². The Hall–Kier alpha value is -1.84. The van der Waals surface area contributed by atoms with E-state index in [4.69, 9.17) is 0 Å². The van der Waals surface area contributed by atoms with Gasteiger partial charge in [-0.2, -0.15) is 0 Å². The third kappa shape index (κ3) is 2.64. The topological polar surface area (TPSA) is 41.1 Å². The first-order valence-corrected chi connectivity index (χ1v) is 5.61. The molecule has 0 saturated heterocycles. The lowest BCUT2D eigenvalue weighted by molar-refractivity contribution is 0.238. The van der Waals surface area contributed by atoms with Crippen molar-refractivity contribution in [1.82, 2.24) is 10.6 Å². The van der Waals surface area contributed by atoms with Crippen LogP contribution in [0.2, 0.25) is 0 Å². The van der Waals surface area contributed by atoms with Gasteiger partial charge in [-0.3, -0.25) is 0 Å². The highest BCUT2D eigenvalue weighted by atomic mass is 19.1. The maximum Gasteiger partial charge on any atom is 0.319 e. The van der Waals surface area contributed by atoms with E-state index in [1.807, 2.05) is 19.9 Å². The molecule has 2 N–H and O–H groups in total. The van der Waals surface area contributed by atoms with Gasteiger partial charge in [-0.1, -0.05) is 13.8 Å². The number of carbonyl (C=O) groups is 1. The van der Waals surface area contributed by atoms with Crippen molar-refractivity contribution in [3.8, 4) is 0 Å². The van der Waals surface area contributed by atoms with Crippen molar-refractivity contribution in [1.29, 1.82) is 0 Å². The minimum atomic E-state index is -0.282. The number of nitrogens with one attached hydrogen (secondary N) is 2. The van der Waals surface area contributed by atoms with Gasteiger partial charge in [0.15, 0.2) is 0 Å². The second-order valence-corrected chi connectivity index (χ2v) is 4.46. The second kappa shape index (κ2) is 4.57. The summed E-state index contributed by atoms with van der Waals surface area (Å²) >= 11 is 0. The minimum Gasteiger partial charge on any atom is -0.331 e. The zero-order valence-corrected chi connectivity index (χ0v) is 9.83. The molecule has 0 fully saturated rings. The molecule has 0 aliphatic carbocycles. The highest BCUT2D eigenvalue weighted by Gasteiger charge is 2.21. The van der Waals surface area contributed by atoms with Crippen molar-refractivity contribution in [3.05, 3.63) is 41.7 Å². The van der Waals surface area contributed by atoms with Crippen LogP contribution in [0.4, 0.5) is 9.18 Å². The molecule has 2 amide bonds.